The smallest absolute Gasteiger partial charge is 0.336 e. The number of hydrogen-bond donors (Lipinski definition) is 1. The zero-order valence-corrected chi connectivity index (χ0v) is 11.7. The molecule has 1 aromatic heterocycles. The summed E-state index contributed by atoms with van der Waals surface area (Å²) in [6.07, 6.45) is 0.878. The van der Waals surface area contributed by atoms with Crippen LogP contribution in [0.5, 0.6) is 5.75 Å². The molecule has 4 rings (SSSR count). The van der Waals surface area contributed by atoms with E-state index in [9.17, 15) is 9.90 Å². The molecule has 0 atom stereocenters. The number of fused-ring (bicyclic) bond motifs is 2. The number of carbonyl (C=O) groups is 1. The van der Waals surface area contributed by atoms with E-state index in [1.54, 1.807) is 12.1 Å². The number of aromatic nitrogens is 1. The fraction of sp³-hybridized carbons (Fsp3) is 0.111. The average molecular weight is 291 g/mol. The molecular formula is C18H13NO3. The lowest BCUT2D eigenvalue weighted by Gasteiger charge is -2.08. The second-order valence-electron chi connectivity index (χ2n) is 5.30. The maximum absolute atomic E-state index is 11.5. The van der Waals surface area contributed by atoms with Crippen LogP contribution < -0.4 is 4.74 Å². The van der Waals surface area contributed by atoms with Gasteiger partial charge in [0.25, 0.3) is 0 Å². The molecule has 0 bridgehead atoms. The van der Waals surface area contributed by atoms with Gasteiger partial charge in [0.15, 0.2) is 0 Å². The first-order valence-electron chi connectivity index (χ1n) is 7.11. The Balaban J connectivity index is 1.93. The summed E-state index contributed by atoms with van der Waals surface area (Å²) in [6, 6.07) is 14.8. The molecule has 3 aromatic rings. The van der Waals surface area contributed by atoms with Crippen LogP contribution in [-0.2, 0) is 6.42 Å². The Labute approximate surface area is 127 Å². The van der Waals surface area contributed by atoms with E-state index in [1.165, 1.54) is 0 Å². The highest BCUT2D eigenvalue weighted by atomic mass is 16.5. The van der Waals surface area contributed by atoms with Crippen LogP contribution in [0.1, 0.15) is 15.9 Å². The van der Waals surface area contributed by atoms with E-state index >= 15 is 0 Å². The topological polar surface area (TPSA) is 59.4 Å². The van der Waals surface area contributed by atoms with Gasteiger partial charge in [-0.25, -0.2) is 9.78 Å². The van der Waals surface area contributed by atoms with Crippen LogP contribution in [0.25, 0.3) is 22.2 Å². The molecule has 108 valence electrons. The van der Waals surface area contributed by atoms with Crippen molar-refractivity contribution < 1.29 is 14.6 Å². The predicted molar refractivity (Wildman–Crippen MR) is 83.3 cm³/mol. The summed E-state index contributed by atoms with van der Waals surface area (Å²) in [4.78, 5) is 16.1. The molecular weight excluding hydrogens is 278 g/mol. The standard InChI is InChI=1S/C18H13NO3/c20-18(21)14-10-16(19-15-4-2-1-3-13(14)15)11-5-6-17-12(9-11)7-8-22-17/h1-6,9-10H,7-8H2,(H,20,21). The molecule has 4 nitrogen and oxygen atoms in total. The van der Waals surface area contributed by atoms with E-state index in [0.29, 0.717) is 23.2 Å². The van der Waals surface area contributed by atoms with Gasteiger partial charge in [0.2, 0.25) is 0 Å². The Kier molecular flexibility index (Phi) is 2.82. The SMILES string of the molecule is O=C(O)c1cc(-c2ccc3c(c2)CCO3)nc2ccccc12. The highest BCUT2D eigenvalue weighted by Gasteiger charge is 2.16. The molecule has 2 heterocycles. The Morgan fingerprint density at radius 3 is 2.86 bits per heavy atom. The minimum Gasteiger partial charge on any atom is -0.493 e. The quantitative estimate of drug-likeness (QED) is 0.784. The van der Waals surface area contributed by atoms with Gasteiger partial charge >= 0.3 is 5.97 Å². The maximum atomic E-state index is 11.5. The fourth-order valence-corrected chi connectivity index (χ4v) is 2.85. The van der Waals surface area contributed by atoms with Gasteiger partial charge in [-0.15, -0.1) is 0 Å². The highest BCUT2D eigenvalue weighted by Crippen LogP contribution is 2.31. The van der Waals surface area contributed by atoms with Gasteiger partial charge in [-0.3, -0.25) is 0 Å². The maximum Gasteiger partial charge on any atom is 0.336 e. The van der Waals surface area contributed by atoms with Crippen molar-refractivity contribution >= 4 is 16.9 Å². The van der Waals surface area contributed by atoms with E-state index in [4.69, 9.17) is 4.74 Å². The molecule has 0 saturated carbocycles. The van der Waals surface area contributed by atoms with Gasteiger partial charge in [0.1, 0.15) is 5.75 Å². The van der Waals surface area contributed by atoms with Crippen molar-refractivity contribution in [1.82, 2.24) is 4.98 Å². The van der Waals surface area contributed by atoms with E-state index in [2.05, 4.69) is 4.98 Å². The number of carboxylic acid groups (broad SMARTS) is 1. The number of benzene rings is 2. The Hall–Kier alpha value is -2.88. The highest BCUT2D eigenvalue weighted by molar-refractivity contribution is 6.03. The van der Waals surface area contributed by atoms with Crippen molar-refractivity contribution in [2.24, 2.45) is 0 Å². The molecule has 0 radical (unpaired) electrons. The summed E-state index contributed by atoms with van der Waals surface area (Å²) >= 11 is 0. The molecule has 1 aliphatic rings. The van der Waals surface area contributed by atoms with E-state index in [1.807, 2.05) is 36.4 Å². The molecule has 1 aliphatic heterocycles. The molecule has 0 saturated heterocycles. The number of aromatic carboxylic acids is 1. The predicted octanol–water partition coefficient (Wildman–Crippen LogP) is 3.53. The normalized spacial score (nSPS) is 12.9. The van der Waals surface area contributed by atoms with Gasteiger partial charge in [-0.1, -0.05) is 18.2 Å². The molecule has 4 heteroatoms. The summed E-state index contributed by atoms with van der Waals surface area (Å²) < 4.78 is 5.51. The van der Waals surface area contributed by atoms with Crippen molar-refractivity contribution in [3.63, 3.8) is 0 Å². The number of nitrogens with zero attached hydrogens (tertiary/aromatic N) is 1. The zero-order chi connectivity index (χ0) is 15.1. The first-order valence-corrected chi connectivity index (χ1v) is 7.11. The third kappa shape index (κ3) is 2.00. The van der Waals surface area contributed by atoms with Crippen LogP contribution in [0.3, 0.4) is 0 Å². The average Bonchev–Trinajstić information content (AvgIpc) is 3.01. The summed E-state index contributed by atoms with van der Waals surface area (Å²) in [6.45, 7) is 0.699. The largest absolute Gasteiger partial charge is 0.493 e. The summed E-state index contributed by atoms with van der Waals surface area (Å²) in [5, 5.41) is 10.1. The Morgan fingerprint density at radius 1 is 1.14 bits per heavy atom. The molecule has 22 heavy (non-hydrogen) atoms. The summed E-state index contributed by atoms with van der Waals surface area (Å²) in [5.41, 5.74) is 3.69. The molecule has 1 N–H and O–H groups in total. The number of pyridine rings is 1. The fourth-order valence-electron chi connectivity index (χ4n) is 2.85. The van der Waals surface area contributed by atoms with Crippen LogP contribution in [0.4, 0.5) is 0 Å². The van der Waals surface area contributed by atoms with Crippen molar-refractivity contribution in [3.05, 3.63) is 59.7 Å². The lowest BCUT2D eigenvalue weighted by Crippen LogP contribution is -2.00. The van der Waals surface area contributed by atoms with Gasteiger partial charge in [0, 0.05) is 17.4 Å². The molecule has 0 fully saturated rings. The number of ether oxygens (including phenoxy) is 1. The van der Waals surface area contributed by atoms with Crippen molar-refractivity contribution in [3.8, 4) is 17.0 Å². The molecule has 0 amide bonds. The minimum absolute atomic E-state index is 0.275. The second-order valence-corrected chi connectivity index (χ2v) is 5.30. The van der Waals surface area contributed by atoms with Crippen LogP contribution in [-0.4, -0.2) is 22.7 Å². The van der Waals surface area contributed by atoms with E-state index in [0.717, 1.165) is 23.3 Å². The third-order valence-electron chi connectivity index (χ3n) is 3.93. The first kappa shape index (κ1) is 12.8. The Bertz CT molecular complexity index is 902. The summed E-state index contributed by atoms with van der Waals surface area (Å²) in [7, 11) is 0. The first-order chi connectivity index (χ1) is 10.7. The number of carboxylic acids is 1. The van der Waals surface area contributed by atoms with E-state index < -0.39 is 5.97 Å². The Morgan fingerprint density at radius 2 is 2.00 bits per heavy atom. The zero-order valence-electron chi connectivity index (χ0n) is 11.7. The van der Waals surface area contributed by atoms with Gasteiger partial charge in [-0.2, -0.15) is 0 Å². The van der Waals surface area contributed by atoms with Crippen LogP contribution in [0, 0.1) is 0 Å². The lowest BCUT2D eigenvalue weighted by atomic mass is 10.0. The second kappa shape index (κ2) is 4.84. The molecule has 0 spiro atoms. The minimum atomic E-state index is -0.940. The lowest BCUT2D eigenvalue weighted by molar-refractivity contribution is 0.0699. The third-order valence-corrected chi connectivity index (χ3v) is 3.93. The van der Waals surface area contributed by atoms with Crippen LogP contribution >= 0.6 is 0 Å². The van der Waals surface area contributed by atoms with Gasteiger partial charge in [-0.05, 0) is 35.9 Å². The number of rotatable bonds is 2. The van der Waals surface area contributed by atoms with Crippen molar-refractivity contribution in [2.75, 3.05) is 6.61 Å². The van der Waals surface area contributed by atoms with Crippen LogP contribution in [0.2, 0.25) is 0 Å². The van der Waals surface area contributed by atoms with Crippen molar-refractivity contribution in [2.45, 2.75) is 6.42 Å². The number of hydrogen-bond acceptors (Lipinski definition) is 3. The van der Waals surface area contributed by atoms with Gasteiger partial charge < -0.3 is 9.84 Å². The van der Waals surface area contributed by atoms with Crippen molar-refractivity contribution in [1.29, 1.82) is 0 Å². The van der Waals surface area contributed by atoms with E-state index in [-0.39, 0.29) is 5.56 Å². The molecule has 2 aromatic carbocycles. The molecule has 0 unspecified atom stereocenters. The molecule has 0 aliphatic carbocycles. The number of para-hydroxylation sites is 1. The monoisotopic (exact) mass is 291 g/mol. The van der Waals surface area contributed by atoms with Gasteiger partial charge in [0.05, 0.1) is 23.4 Å². The van der Waals surface area contributed by atoms with Crippen LogP contribution in [0.15, 0.2) is 48.5 Å². The summed E-state index contributed by atoms with van der Waals surface area (Å²) in [5.74, 6) is -0.0349.